The largest absolute Gasteiger partial charge is 0.481 e. The molecule has 0 saturated heterocycles. The number of rotatable bonds is 14. The third-order valence-electron chi connectivity index (χ3n) is 8.80. The van der Waals surface area contributed by atoms with Crippen molar-refractivity contribution < 1.29 is 38.6 Å². The molecule has 4 aromatic carbocycles. The van der Waals surface area contributed by atoms with Gasteiger partial charge in [-0.1, -0.05) is 89.1 Å². The number of aryl methyl sites for hydroxylation is 1. The van der Waals surface area contributed by atoms with Crippen LogP contribution in [0.5, 0.6) is 0 Å². The van der Waals surface area contributed by atoms with Gasteiger partial charge in [0.2, 0.25) is 11.8 Å². The number of tetrazole rings is 1. The van der Waals surface area contributed by atoms with E-state index in [0.717, 1.165) is 5.39 Å². The molecule has 6 rings (SSSR count). The van der Waals surface area contributed by atoms with E-state index in [1.165, 1.54) is 23.1 Å². The van der Waals surface area contributed by atoms with Crippen LogP contribution in [0.3, 0.4) is 0 Å². The molecular weight excluding hydrogens is 741 g/mol. The number of carboxylic acid groups (broad SMARTS) is 1. The molecule has 4 N–H and O–H groups in total. The molecule has 15 nitrogen and oxygen atoms in total. The summed E-state index contributed by atoms with van der Waals surface area (Å²) in [6.07, 6.45) is -0.696. The molecule has 0 fully saturated rings. The number of amides is 3. The molecule has 0 aliphatic carbocycles. The second-order valence-electron chi connectivity index (χ2n) is 12.3. The summed E-state index contributed by atoms with van der Waals surface area (Å²) in [6.45, 7) is -0.912. The van der Waals surface area contributed by atoms with Gasteiger partial charge in [-0.15, -0.1) is 10.2 Å². The Morgan fingerprint density at radius 1 is 0.889 bits per heavy atom. The van der Waals surface area contributed by atoms with Crippen LogP contribution in [0.25, 0.3) is 10.8 Å². The molecule has 0 radical (unpaired) electrons. The van der Waals surface area contributed by atoms with E-state index in [-0.39, 0.29) is 40.7 Å². The zero-order valence-electron chi connectivity index (χ0n) is 28.2. The van der Waals surface area contributed by atoms with Gasteiger partial charge in [0.05, 0.1) is 22.0 Å². The Labute approximate surface area is 317 Å². The predicted octanol–water partition coefficient (Wildman–Crippen LogP) is 3.73. The van der Waals surface area contributed by atoms with E-state index in [1.54, 1.807) is 48.5 Å². The van der Waals surface area contributed by atoms with Crippen LogP contribution in [0, 0.1) is 0 Å². The number of hydrogen-bond acceptors (Lipinski definition) is 10. The first kappa shape index (κ1) is 37.6. The first-order valence-corrected chi connectivity index (χ1v) is 17.3. The van der Waals surface area contributed by atoms with Gasteiger partial charge in [0.25, 0.3) is 5.91 Å². The quantitative estimate of drug-likeness (QED) is 0.119. The Balaban J connectivity index is 1.25. The minimum atomic E-state index is -1.65. The van der Waals surface area contributed by atoms with E-state index in [4.69, 9.17) is 27.9 Å². The molecule has 1 aromatic heterocycles. The molecule has 0 spiro atoms. The minimum Gasteiger partial charge on any atom is -0.481 e. The third kappa shape index (κ3) is 8.37. The van der Waals surface area contributed by atoms with Crippen LogP contribution in [-0.2, 0) is 36.8 Å². The summed E-state index contributed by atoms with van der Waals surface area (Å²) in [5, 5.41) is 30.2. The molecule has 2 heterocycles. The van der Waals surface area contributed by atoms with E-state index in [0.29, 0.717) is 22.2 Å². The lowest BCUT2D eigenvalue weighted by molar-refractivity contribution is -0.141. The predicted molar refractivity (Wildman–Crippen MR) is 195 cm³/mol. The number of nitrogens with zero attached hydrogens (tertiary/aromatic N) is 4. The number of H-pyrrole nitrogens is 1. The number of esters is 1. The summed E-state index contributed by atoms with van der Waals surface area (Å²) in [4.78, 5) is 81.4. The number of nitrogens with one attached hydrogen (secondary N) is 3. The maximum Gasteiger partial charge on any atom is 0.341 e. The van der Waals surface area contributed by atoms with Crippen molar-refractivity contribution in [3.8, 4) is 0 Å². The Morgan fingerprint density at radius 2 is 1.59 bits per heavy atom. The van der Waals surface area contributed by atoms with Gasteiger partial charge >= 0.3 is 11.9 Å². The minimum absolute atomic E-state index is 0.0105. The number of benzene rings is 4. The zero-order chi connectivity index (χ0) is 38.4. The standard InChI is InChI=1S/C37H31Cl2N7O8/c38-24-12-6-13-25(39)33(24)37(53)54-19-30(47)27(18-32(48)49)41-35(51)29-17-21-8-2-4-14-28(21)46(29)36(52)26(15-16-31-42-44-45-43-31)40-34(50)23-11-5-9-20-7-1-3-10-22(20)23/h1-14,26-27,29H,15-19H2,(H,40,50)(H,41,51)(H,48,49)(H,42,43,44,45)/t26-,27-,29-/m0/s1. The van der Waals surface area contributed by atoms with Gasteiger partial charge in [0.15, 0.2) is 18.2 Å². The fourth-order valence-electron chi connectivity index (χ4n) is 6.20. The number of para-hydroxylation sites is 1. The average Bonchev–Trinajstić information content (AvgIpc) is 3.83. The highest BCUT2D eigenvalue weighted by Crippen LogP contribution is 2.33. The van der Waals surface area contributed by atoms with Gasteiger partial charge in [0.1, 0.15) is 18.1 Å². The van der Waals surface area contributed by atoms with Crippen LogP contribution in [0.1, 0.15) is 44.9 Å². The number of aromatic nitrogens is 4. The molecule has 17 heteroatoms. The molecule has 5 aromatic rings. The van der Waals surface area contributed by atoms with Gasteiger partial charge in [-0.25, -0.2) is 4.79 Å². The zero-order valence-corrected chi connectivity index (χ0v) is 29.7. The molecule has 1 aliphatic rings. The topological polar surface area (TPSA) is 214 Å². The number of ketones is 1. The molecular formula is C37H31Cl2N7O8. The number of carbonyl (C=O) groups is 6. The first-order chi connectivity index (χ1) is 26.0. The van der Waals surface area contributed by atoms with Crippen LogP contribution < -0.4 is 15.5 Å². The molecule has 0 bridgehead atoms. The Hall–Kier alpha value is -6.19. The van der Waals surface area contributed by atoms with E-state index >= 15 is 0 Å². The number of carbonyl (C=O) groups excluding carboxylic acids is 5. The maximum atomic E-state index is 14.6. The van der Waals surface area contributed by atoms with Crippen molar-refractivity contribution >= 4 is 75.1 Å². The number of ether oxygens (including phenoxy) is 1. The fraction of sp³-hybridized carbons (Fsp3) is 0.216. The van der Waals surface area contributed by atoms with Crippen LogP contribution in [-0.4, -0.2) is 85.9 Å². The summed E-state index contributed by atoms with van der Waals surface area (Å²) >= 11 is 12.1. The van der Waals surface area contributed by atoms with E-state index in [2.05, 4.69) is 31.3 Å². The lowest BCUT2D eigenvalue weighted by Crippen LogP contribution is -2.57. The number of aliphatic carboxylic acids is 1. The van der Waals surface area contributed by atoms with Gasteiger partial charge in [-0.05, 0) is 47.0 Å². The normalized spacial score (nSPS) is 14.5. The molecule has 0 unspecified atom stereocenters. The van der Waals surface area contributed by atoms with Gasteiger partial charge in [0, 0.05) is 24.1 Å². The highest BCUT2D eigenvalue weighted by molar-refractivity contribution is 6.39. The summed E-state index contributed by atoms with van der Waals surface area (Å²) in [7, 11) is 0. The Kier molecular flexibility index (Phi) is 11.6. The van der Waals surface area contributed by atoms with Gasteiger partial charge < -0.3 is 20.5 Å². The number of halogens is 2. The highest BCUT2D eigenvalue weighted by Gasteiger charge is 2.42. The van der Waals surface area contributed by atoms with Crippen LogP contribution in [0.2, 0.25) is 10.0 Å². The lowest BCUT2D eigenvalue weighted by atomic mass is 10.0. The second kappa shape index (κ2) is 16.7. The van der Waals surface area contributed by atoms with Crippen LogP contribution in [0.4, 0.5) is 5.69 Å². The van der Waals surface area contributed by atoms with Crippen molar-refractivity contribution in [1.29, 1.82) is 0 Å². The van der Waals surface area contributed by atoms with Crippen LogP contribution >= 0.6 is 23.2 Å². The number of aromatic amines is 1. The highest BCUT2D eigenvalue weighted by atomic mass is 35.5. The molecule has 3 amide bonds. The summed E-state index contributed by atoms with van der Waals surface area (Å²) in [5.74, 6) is -5.13. The number of hydrogen-bond donors (Lipinski definition) is 4. The van der Waals surface area contributed by atoms with Gasteiger partial charge in [-0.2, -0.15) is 5.21 Å². The van der Waals surface area contributed by atoms with Crippen molar-refractivity contribution in [3.05, 3.63) is 117 Å². The van der Waals surface area contributed by atoms with Crippen LogP contribution in [0.15, 0.2) is 84.9 Å². The van der Waals surface area contributed by atoms with E-state index < -0.39 is 66.6 Å². The Morgan fingerprint density at radius 3 is 2.33 bits per heavy atom. The maximum absolute atomic E-state index is 14.6. The summed E-state index contributed by atoms with van der Waals surface area (Å²) < 4.78 is 5.10. The molecule has 1 aliphatic heterocycles. The van der Waals surface area contributed by atoms with E-state index in [1.807, 2.05) is 18.2 Å². The second-order valence-corrected chi connectivity index (χ2v) is 13.1. The summed E-state index contributed by atoms with van der Waals surface area (Å²) in [5.41, 5.74) is 1.15. The molecule has 3 atom stereocenters. The van der Waals surface area contributed by atoms with Crippen molar-refractivity contribution in [2.75, 3.05) is 11.5 Å². The smallest absolute Gasteiger partial charge is 0.341 e. The van der Waals surface area contributed by atoms with Crippen molar-refractivity contribution in [2.45, 2.75) is 43.8 Å². The number of fused-ring (bicyclic) bond motifs is 2. The first-order valence-electron chi connectivity index (χ1n) is 16.6. The summed E-state index contributed by atoms with van der Waals surface area (Å²) in [6, 6.07) is 19.5. The van der Waals surface area contributed by atoms with Gasteiger partial charge in [-0.3, -0.25) is 28.9 Å². The van der Waals surface area contributed by atoms with E-state index in [9.17, 15) is 33.9 Å². The number of anilines is 1. The number of Topliss-reactive ketones (excluding diaryl/α,β-unsaturated/α-hetero) is 1. The monoisotopic (exact) mass is 771 g/mol. The van der Waals surface area contributed by atoms with Crippen molar-refractivity contribution in [2.24, 2.45) is 0 Å². The average molecular weight is 773 g/mol. The number of carboxylic acids is 1. The molecule has 0 saturated carbocycles. The molecule has 276 valence electrons. The molecule has 54 heavy (non-hydrogen) atoms. The van der Waals surface area contributed by atoms with Crippen molar-refractivity contribution in [3.63, 3.8) is 0 Å². The third-order valence-corrected chi connectivity index (χ3v) is 9.43. The van der Waals surface area contributed by atoms with Crippen molar-refractivity contribution in [1.82, 2.24) is 31.3 Å². The Bertz CT molecular complexity index is 2230. The lowest BCUT2D eigenvalue weighted by Gasteiger charge is -2.30. The SMILES string of the molecule is O=C(O)C[C@H](NC(=O)[C@@H]1Cc2ccccc2N1C(=O)[C@H](CCc1nn[nH]n1)NC(=O)c1cccc2ccccc12)C(=O)COC(=O)c1c(Cl)cccc1Cl. The fourth-order valence-corrected chi connectivity index (χ4v) is 6.76.